The van der Waals surface area contributed by atoms with Crippen molar-refractivity contribution < 1.29 is 0 Å². The lowest BCUT2D eigenvalue weighted by molar-refractivity contribution is 0.278. The molecule has 0 spiro atoms. The molecule has 108 valence electrons. The van der Waals surface area contributed by atoms with Gasteiger partial charge in [0.25, 0.3) is 0 Å². The van der Waals surface area contributed by atoms with E-state index in [1.165, 1.54) is 83.6 Å². The van der Waals surface area contributed by atoms with Crippen LogP contribution in [0.15, 0.2) is 0 Å². The first-order valence-corrected chi connectivity index (χ1v) is 8.60. The van der Waals surface area contributed by atoms with E-state index in [0.29, 0.717) is 0 Å². The molecule has 1 N–H and O–H groups in total. The van der Waals surface area contributed by atoms with Crippen molar-refractivity contribution in [1.82, 2.24) is 5.32 Å². The van der Waals surface area contributed by atoms with Gasteiger partial charge in [-0.05, 0) is 31.7 Å². The van der Waals surface area contributed by atoms with Gasteiger partial charge in [-0.2, -0.15) is 0 Å². The van der Waals surface area contributed by atoms with E-state index < -0.39 is 0 Å². The minimum absolute atomic E-state index is 0.837. The number of unbranched alkanes of at least 4 members (excludes halogenated alkanes) is 6. The molecular weight excluding hydrogens is 218 g/mol. The molecule has 1 aliphatic rings. The second-order valence-corrected chi connectivity index (χ2v) is 6.21. The Balaban J connectivity index is 1.88. The van der Waals surface area contributed by atoms with Gasteiger partial charge in [0.1, 0.15) is 0 Å². The smallest absolute Gasteiger partial charge is 0.00697 e. The second-order valence-electron chi connectivity index (χ2n) is 6.21. The highest BCUT2D eigenvalue weighted by Gasteiger charge is 2.19. The first kappa shape index (κ1) is 16.0. The summed E-state index contributed by atoms with van der Waals surface area (Å²) >= 11 is 0. The van der Waals surface area contributed by atoms with Crippen molar-refractivity contribution in [3.63, 3.8) is 0 Å². The third-order valence-corrected chi connectivity index (χ3v) is 4.57. The van der Waals surface area contributed by atoms with E-state index in [1.54, 1.807) is 0 Å². The van der Waals surface area contributed by atoms with Crippen LogP contribution in [0.1, 0.15) is 90.9 Å². The molecule has 1 saturated carbocycles. The van der Waals surface area contributed by atoms with Crippen LogP contribution < -0.4 is 5.32 Å². The highest BCUT2D eigenvalue weighted by molar-refractivity contribution is 4.77. The Morgan fingerprint density at radius 3 is 2.33 bits per heavy atom. The van der Waals surface area contributed by atoms with E-state index >= 15 is 0 Å². The van der Waals surface area contributed by atoms with Crippen molar-refractivity contribution in [2.45, 2.75) is 96.9 Å². The molecule has 0 heterocycles. The zero-order chi connectivity index (χ0) is 13.1. The van der Waals surface area contributed by atoms with E-state index in [2.05, 4.69) is 19.2 Å². The summed E-state index contributed by atoms with van der Waals surface area (Å²) in [6, 6.07) is 0.837. The Morgan fingerprint density at radius 1 is 0.889 bits per heavy atom. The van der Waals surface area contributed by atoms with Crippen molar-refractivity contribution >= 4 is 0 Å². The van der Waals surface area contributed by atoms with Gasteiger partial charge in [-0.25, -0.2) is 0 Å². The van der Waals surface area contributed by atoms with Crippen LogP contribution in [0.2, 0.25) is 0 Å². The molecule has 1 rings (SSSR count). The topological polar surface area (TPSA) is 12.0 Å². The fourth-order valence-electron chi connectivity index (χ4n) is 3.24. The first-order valence-electron chi connectivity index (χ1n) is 8.60. The monoisotopic (exact) mass is 253 g/mol. The molecule has 1 heteroatoms. The number of rotatable bonds is 10. The Labute approximate surface area is 115 Å². The largest absolute Gasteiger partial charge is 0.314 e. The van der Waals surface area contributed by atoms with Crippen molar-refractivity contribution in [2.24, 2.45) is 5.92 Å². The maximum Gasteiger partial charge on any atom is 0.00697 e. The fourth-order valence-corrected chi connectivity index (χ4v) is 3.24. The molecule has 2 unspecified atom stereocenters. The van der Waals surface area contributed by atoms with Gasteiger partial charge < -0.3 is 5.32 Å². The molecule has 0 aliphatic heterocycles. The highest BCUT2D eigenvalue weighted by Crippen LogP contribution is 2.26. The summed E-state index contributed by atoms with van der Waals surface area (Å²) in [5.41, 5.74) is 0. The summed E-state index contributed by atoms with van der Waals surface area (Å²) in [4.78, 5) is 0. The quantitative estimate of drug-likeness (QED) is 0.521. The van der Waals surface area contributed by atoms with Gasteiger partial charge in [-0.1, -0.05) is 71.6 Å². The molecule has 0 saturated heterocycles. The van der Waals surface area contributed by atoms with Crippen molar-refractivity contribution in [1.29, 1.82) is 0 Å². The van der Waals surface area contributed by atoms with E-state index in [4.69, 9.17) is 0 Å². The van der Waals surface area contributed by atoms with Crippen LogP contribution >= 0.6 is 0 Å². The van der Waals surface area contributed by atoms with Gasteiger partial charge in [0.2, 0.25) is 0 Å². The molecule has 0 radical (unpaired) electrons. The van der Waals surface area contributed by atoms with Crippen LogP contribution in [0.5, 0.6) is 0 Å². The molecule has 0 aromatic rings. The van der Waals surface area contributed by atoms with Gasteiger partial charge in [-0.15, -0.1) is 0 Å². The molecule has 1 nitrogen and oxygen atoms in total. The summed E-state index contributed by atoms with van der Waals surface area (Å²) in [5, 5.41) is 3.79. The summed E-state index contributed by atoms with van der Waals surface area (Å²) in [7, 11) is 0. The van der Waals surface area contributed by atoms with Crippen molar-refractivity contribution in [2.75, 3.05) is 6.54 Å². The van der Waals surface area contributed by atoms with E-state index in [9.17, 15) is 0 Å². The highest BCUT2D eigenvalue weighted by atomic mass is 14.9. The van der Waals surface area contributed by atoms with Gasteiger partial charge in [0.15, 0.2) is 0 Å². The third-order valence-electron chi connectivity index (χ3n) is 4.57. The van der Waals surface area contributed by atoms with E-state index in [1.807, 2.05) is 0 Å². The molecule has 0 amide bonds. The predicted molar refractivity (Wildman–Crippen MR) is 82.0 cm³/mol. The van der Waals surface area contributed by atoms with Crippen LogP contribution in [0.3, 0.4) is 0 Å². The first-order chi connectivity index (χ1) is 8.86. The molecule has 1 fully saturated rings. The molecule has 0 aromatic carbocycles. The van der Waals surface area contributed by atoms with Crippen LogP contribution in [0.4, 0.5) is 0 Å². The lowest BCUT2D eigenvalue weighted by atomic mass is 9.84. The predicted octanol–water partition coefficient (Wildman–Crippen LogP) is 5.30. The minimum atomic E-state index is 0.837. The zero-order valence-electron chi connectivity index (χ0n) is 12.8. The molecule has 0 aromatic heterocycles. The Morgan fingerprint density at radius 2 is 1.61 bits per heavy atom. The maximum atomic E-state index is 3.79. The summed E-state index contributed by atoms with van der Waals surface area (Å²) in [6.45, 7) is 5.90. The molecule has 0 bridgehead atoms. The normalized spacial score (nSPS) is 24.3. The average molecular weight is 253 g/mol. The SMILES string of the molecule is CCCCCCCCCNC1CCCC(CC)C1. The van der Waals surface area contributed by atoms with Crippen LogP contribution in [0, 0.1) is 5.92 Å². The number of hydrogen-bond acceptors (Lipinski definition) is 1. The number of nitrogens with one attached hydrogen (secondary N) is 1. The Hall–Kier alpha value is -0.0400. The average Bonchev–Trinajstić information content (AvgIpc) is 2.42. The lowest BCUT2D eigenvalue weighted by Crippen LogP contribution is -2.34. The minimum Gasteiger partial charge on any atom is -0.314 e. The molecule has 2 atom stereocenters. The summed E-state index contributed by atoms with van der Waals surface area (Å²) in [5.74, 6) is 1.00. The molecule has 1 aliphatic carbocycles. The van der Waals surface area contributed by atoms with Crippen molar-refractivity contribution in [3.05, 3.63) is 0 Å². The molecule has 18 heavy (non-hydrogen) atoms. The molecular formula is C17H35N. The van der Waals surface area contributed by atoms with Gasteiger partial charge >= 0.3 is 0 Å². The van der Waals surface area contributed by atoms with E-state index in [0.717, 1.165) is 12.0 Å². The van der Waals surface area contributed by atoms with E-state index in [-0.39, 0.29) is 0 Å². The van der Waals surface area contributed by atoms with Crippen molar-refractivity contribution in [3.8, 4) is 0 Å². The Bertz CT molecular complexity index is 178. The van der Waals surface area contributed by atoms with Crippen LogP contribution in [-0.4, -0.2) is 12.6 Å². The van der Waals surface area contributed by atoms with Crippen LogP contribution in [-0.2, 0) is 0 Å². The second kappa shape index (κ2) is 10.8. The summed E-state index contributed by atoms with van der Waals surface area (Å²) < 4.78 is 0. The van der Waals surface area contributed by atoms with Crippen LogP contribution in [0.25, 0.3) is 0 Å². The lowest BCUT2D eigenvalue weighted by Gasteiger charge is -2.29. The zero-order valence-corrected chi connectivity index (χ0v) is 12.8. The third kappa shape index (κ3) is 7.41. The standard InChI is InChI=1S/C17H35N/c1-3-5-6-7-8-9-10-14-18-17-13-11-12-16(4-2)15-17/h16-18H,3-15H2,1-2H3. The van der Waals surface area contributed by atoms with Gasteiger partial charge in [0.05, 0.1) is 0 Å². The van der Waals surface area contributed by atoms with Gasteiger partial charge in [0, 0.05) is 6.04 Å². The van der Waals surface area contributed by atoms with Gasteiger partial charge in [-0.3, -0.25) is 0 Å². The summed E-state index contributed by atoms with van der Waals surface area (Å²) in [6.07, 6.45) is 17.1. The number of hydrogen-bond donors (Lipinski definition) is 1. The maximum absolute atomic E-state index is 3.79. The Kier molecular flexibility index (Phi) is 9.65. The fraction of sp³-hybridized carbons (Fsp3) is 1.00.